The second kappa shape index (κ2) is 12.4. The van der Waals surface area contributed by atoms with Crippen LogP contribution < -0.4 is 10.2 Å². The maximum atomic E-state index is 13.3. The Labute approximate surface area is 228 Å². The van der Waals surface area contributed by atoms with E-state index in [1.165, 1.54) is 12.1 Å². The van der Waals surface area contributed by atoms with Gasteiger partial charge in [0.15, 0.2) is 14.1 Å². The fourth-order valence-electron chi connectivity index (χ4n) is 4.93. The SMILES string of the molecule is [B]C(=O)N[C@H](Cc1ccccc1)C(CC1CCCC[C@@H]1C(=O)On1c(O)ccc1O)O[Si](C)(C)C(C)(C)C. The normalized spacial score (nSPS) is 19.9. The molecule has 8 nitrogen and oxygen atoms in total. The van der Waals surface area contributed by atoms with E-state index in [-0.39, 0.29) is 34.9 Å². The number of carbonyl (C=O) groups excluding carboxylic acids is 2. The highest BCUT2D eigenvalue weighted by Gasteiger charge is 2.43. The third-order valence-corrected chi connectivity index (χ3v) is 12.6. The quantitative estimate of drug-likeness (QED) is 0.369. The maximum Gasteiger partial charge on any atom is 0.336 e. The van der Waals surface area contributed by atoms with Gasteiger partial charge in [0.1, 0.15) is 0 Å². The Kier molecular flexibility index (Phi) is 9.75. The van der Waals surface area contributed by atoms with Gasteiger partial charge in [-0.3, -0.25) is 4.79 Å². The topological polar surface area (TPSA) is 110 Å². The molecule has 38 heavy (non-hydrogen) atoms. The minimum atomic E-state index is -2.28. The van der Waals surface area contributed by atoms with Crippen molar-refractivity contribution in [3.05, 3.63) is 48.0 Å². The second-order valence-electron chi connectivity index (χ2n) is 11.9. The first-order chi connectivity index (χ1) is 17.8. The van der Waals surface area contributed by atoms with Crippen LogP contribution in [0.3, 0.4) is 0 Å². The molecule has 0 spiro atoms. The lowest BCUT2D eigenvalue weighted by molar-refractivity contribution is -0.154. The maximum absolute atomic E-state index is 13.3. The molecule has 0 bridgehead atoms. The molecule has 2 aromatic rings. The summed E-state index contributed by atoms with van der Waals surface area (Å²) in [6, 6.07) is 12.0. The molecule has 3 rings (SSSR count). The smallest absolute Gasteiger partial charge is 0.336 e. The lowest BCUT2D eigenvalue weighted by Crippen LogP contribution is -2.53. The van der Waals surface area contributed by atoms with Crippen LogP contribution >= 0.6 is 0 Å². The van der Waals surface area contributed by atoms with Crippen molar-refractivity contribution in [2.24, 2.45) is 11.8 Å². The minimum Gasteiger partial charge on any atom is -0.492 e. The van der Waals surface area contributed by atoms with Crippen LogP contribution in [0.4, 0.5) is 4.79 Å². The summed E-state index contributed by atoms with van der Waals surface area (Å²) in [5.74, 6) is -2.34. The Morgan fingerprint density at radius 2 is 1.68 bits per heavy atom. The molecule has 1 aromatic carbocycles. The van der Waals surface area contributed by atoms with Gasteiger partial charge in [0.2, 0.25) is 19.6 Å². The zero-order valence-electron chi connectivity index (χ0n) is 23.1. The first-order valence-corrected chi connectivity index (χ1v) is 16.3. The molecule has 2 unspecified atom stereocenters. The Hall–Kier alpha value is -2.72. The number of aromatic nitrogens is 1. The van der Waals surface area contributed by atoms with Crippen molar-refractivity contribution < 1.29 is 29.1 Å². The van der Waals surface area contributed by atoms with Crippen molar-refractivity contribution in [1.29, 1.82) is 0 Å². The van der Waals surface area contributed by atoms with Gasteiger partial charge in [-0.2, -0.15) is 0 Å². The predicted molar refractivity (Wildman–Crippen MR) is 150 cm³/mol. The Bertz CT molecular complexity index is 1070. The molecule has 10 heteroatoms. The van der Waals surface area contributed by atoms with Gasteiger partial charge in [0, 0.05) is 12.1 Å². The van der Waals surface area contributed by atoms with Crippen molar-refractivity contribution in [1.82, 2.24) is 10.0 Å². The number of amides is 1. The third kappa shape index (κ3) is 7.66. The van der Waals surface area contributed by atoms with Crippen LogP contribution in [0.1, 0.15) is 58.4 Å². The first kappa shape index (κ1) is 29.8. The zero-order valence-corrected chi connectivity index (χ0v) is 24.1. The average molecular weight is 541 g/mol. The first-order valence-electron chi connectivity index (χ1n) is 13.4. The molecule has 2 radical (unpaired) electrons. The molecule has 1 heterocycles. The van der Waals surface area contributed by atoms with E-state index in [0.717, 1.165) is 29.6 Å². The standard InChI is InChI=1S/C28H41BN2O6Si/c1-28(2,3)38(4,5)37-23(22(30-27(29)35)17-19-11-7-6-8-12-19)18-20-13-9-10-14-21(20)26(34)36-31-24(32)15-16-25(31)33/h6-8,11-12,15-16,20-23,32-33H,9-10,13-14,17-18H2,1-5H3,(H,30,35)/t20?,21-,22+,23?/m0/s1. The summed E-state index contributed by atoms with van der Waals surface area (Å²) >= 11 is 0. The minimum absolute atomic E-state index is 0.0658. The second-order valence-corrected chi connectivity index (χ2v) is 16.6. The highest BCUT2D eigenvalue weighted by molar-refractivity contribution is 6.74. The number of nitrogens with zero attached hydrogens (tertiary/aromatic N) is 1. The monoisotopic (exact) mass is 540 g/mol. The van der Waals surface area contributed by atoms with Gasteiger partial charge in [-0.05, 0) is 55.3 Å². The molecule has 3 N–H and O–H groups in total. The number of carbonyl (C=O) groups is 2. The Balaban J connectivity index is 1.90. The summed E-state index contributed by atoms with van der Waals surface area (Å²) in [6.07, 6.45) is 3.97. The van der Waals surface area contributed by atoms with E-state index >= 15 is 0 Å². The van der Waals surface area contributed by atoms with Gasteiger partial charge in [0.25, 0.3) is 0 Å². The van der Waals surface area contributed by atoms with Crippen LogP contribution in [0.2, 0.25) is 18.1 Å². The molecule has 1 saturated carbocycles. The number of nitrogens with one attached hydrogen (secondary N) is 1. The fourth-order valence-corrected chi connectivity index (χ4v) is 6.30. The third-order valence-electron chi connectivity index (χ3n) is 8.05. The summed E-state index contributed by atoms with van der Waals surface area (Å²) in [6.45, 7) is 10.9. The molecule has 1 aromatic heterocycles. The fraction of sp³-hybridized carbons (Fsp3) is 0.571. The molecule has 1 amide bonds. The van der Waals surface area contributed by atoms with Crippen LogP contribution in [0, 0.1) is 11.8 Å². The predicted octanol–water partition coefficient (Wildman–Crippen LogP) is 4.93. The Morgan fingerprint density at radius 3 is 2.26 bits per heavy atom. The van der Waals surface area contributed by atoms with Crippen LogP contribution in [0.15, 0.2) is 42.5 Å². The summed E-state index contributed by atoms with van der Waals surface area (Å²) in [5, 5.41) is 22.8. The molecule has 1 aliphatic carbocycles. The van der Waals surface area contributed by atoms with Crippen LogP contribution in [0.25, 0.3) is 0 Å². The molecular weight excluding hydrogens is 499 g/mol. The van der Waals surface area contributed by atoms with Crippen LogP contribution in [0.5, 0.6) is 11.8 Å². The van der Waals surface area contributed by atoms with Gasteiger partial charge >= 0.3 is 5.97 Å². The number of benzene rings is 1. The number of rotatable bonds is 10. The van der Waals surface area contributed by atoms with E-state index in [0.29, 0.717) is 19.3 Å². The number of aromatic hydroxyl groups is 2. The van der Waals surface area contributed by atoms with E-state index in [9.17, 15) is 19.8 Å². The molecular formula is C28H41BN2O6Si. The zero-order chi connectivity index (χ0) is 28.1. The average Bonchev–Trinajstić information content (AvgIpc) is 3.15. The molecule has 1 aliphatic rings. The van der Waals surface area contributed by atoms with Gasteiger partial charge in [0.05, 0.1) is 18.1 Å². The van der Waals surface area contributed by atoms with Crippen molar-refractivity contribution in [2.75, 3.05) is 0 Å². The molecule has 4 atom stereocenters. The summed E-state index contributed by atoms with van der Waals surface area (Å²) in [5.41, 5.74) is 1.05. The highest BCUT2D eigenvalue weighted by atomic mass is 28.4. The van der Waals surface area contributed by atoms with Crippen molar-refractivity contribution >= 4 is 27.9 Å². The van der Waals surface area contributed by atoms with E-state index in [2.05, 4.69) is 39.2 Å². The van der Waals surface area contributed by atoms with Gasteiger partial charge in [-0.1, -0.05) is 63.9 Å². The molecule has 0 aliphatic heterocycles. The summed E-state index contributed by atoms with van der Waals surface area (Å²) < 4.78 is 7.68. The Morgan fingerprint density at radius 1 is 1.08 bits per heavy atom. The van der Waals surface area contributed by atoms with Crippen molar-refractivity contribution in [3.63, 3.8) is 0 Å². The van der Waals surface area contributed by atoms with Crippen LogP contribution in [-0.4, -0.2) is 55.0 Å². The van der Waals surface area contributed by atoms with Gasteiger partial charge < -0.3 is 24.8 Å². The highest BCUT2D eigenvalue weighted by Crippen LogP contribution is 2.41. The summed E-state index contributed by atoms with van der Waals surface area (Å²) in [4.78, 5) is 30.8. The lowest BCUT2D eigenvalue weighted by atomic mass is 9.75. The van der Waals surface area contributed by atoms with Crippen molar-refractivity contribution in [3.8, 4) is 11.8 Å². The molecule has 206 valence electrons. The molecule has 1 fully saturated rings. The van der Waals surface area contributed by atoms with E-state index in [1.807, 2.05) is 30.3 Å². The van der Waals surface area contributed by atoms with E-state index < -0.39 is 26.0 Å². The van der Waals surface area contributed by atoms with Crippen molar-refractivity contribution in [2.45, 2.75) is 89.6 Å². The van der Waals surface area contributed by atoms with Crippen LogP contribution in [-0.2, 0) is 15.6 Å². The number of hydrogen-bond donors (Lipinski definition) is 3. The van der Waals surface area contributed by atoms with E-state index in [1.54, 1.807) is 0 Å². The molecule has 0 saturated heterocycles. The largest absolute Gasteiger partial charge is 0.492 e. The summed E-state index contributed by atoms with van der Waals surface area (Å²) in [7, 11) is 3.35. The van der Waals surface area contributed by atoms with E-state index in [4.69, 9.17) is 17.1 Å². The van der Waals surface area contributed by atoms with Gasteiger partial charge in [-0.15, -0.1) is 4.73 Å². The van der Waals surface area contributed by atoms with Gasteiger partial charge in [-0.25, -0.2) is 4.79 Å². The number of hydrogen-bond acceptors (Lipinski definition) is 6. The lowest BCUT2D eigenvalue weighted by Gasteiger charge is -2.43.